The van der Waals surface area contributed by atoms with Crippen LogP contribution in [0.1, 0.15) is 258 Å². The van der Waals surface area contributed by atoms with Gasteiger partial charge in [0, 0.05) is 19.4 Å². The molecule has 0 heterocycles. The molecule has 0 aromatic carbocycles. The molecule has 2 N–H and O–H groups in total. The van der Waals surface area contributed by atoms with Gasteiger partial charge in [-0.3, -0.25) is 18.6 Å². The number of carbonyl (C=O) groups is 2. The normalized spacial score (nSPS) is 13.8. The van der Waals surface area contributed by atoms with Gasteiger partial charge in [0.2, 0.25) is 5.91 Å². The molecule has 75 heavy (non-hydrogen) atoms. The fraction of sp³-hybridized carbons (Fsp3) is 0.692. The minimum atomic E-state index is -4.49. The van der Waals surface area contributed by atoms with Crippen LogP contribution in [0.4, 0.5) is 0 Å². The predicted octanol–water partition coefficient (Wildman–Crippen LogP) is 19.6. The number of unbranched alkanes of at least 4 members (excludes halogenated alkanes) is 24. The Hall–Kier alpha value is -3.49. The first-order chi connectivity index (χ1) is 36.8. The summed E-state index contributed by atoms with van der Waals surface area (Å²) in [6.07, 6.45) is 78.4. The third kappa shape index (κ3) is 59.6. The van der Waals surface area contributed by atoms with E-state index >= 15 is 0 Å². The molecule has 0 rings (SSSR count). The molecule has 0 bridgehead atoms. The van der Waals surface area contributed by atoms with Crippen molar-refractivity contribution in [3.63, 3.8) is 0 Å². The highest BCUT2D eigenvalue weighted by Gasteiger charge is 2.25. The van der Waals surface area contributed by atoms with Gasteiger partial charge in [-0.1, -0.05) is 234 Å². The first-order valence-electron chi connectivity index (χ1n) is 30.4. The van der Waals surface area contributed by atoms with Gasteiger partial charge < -0.3 is 19.7 Å². The smallest absolute Gasteiger partial charge is 0.472 e. The molecule has 1 unspecified atom stereocenters. The quantitative estimate of drug-likeness (QED) is 0.0203. The van der Waals surface area contributed by atoms with Gasteiger partial charge in [-0.25, -0.2) is 4.57 Å². The second-order valence-electron chi connectivity index (χ2n) is 19.8. The van der Waals surface area contributed by atoms with E-state index in [2.05, 4.69) is 123 Å². The summed E-state index contributed by atoms with van der Waals surface area (Å²) in [5.74, 6) is -0.560. The molecule has 1 amide bonds. The first kappa shape index (κ1) is 71.5. The summed E-state index contributed by atoms with van der Waals surface area (Å²) in [4.78, 5) is 35.6. The van der Waals surface area contributed by atoms with Crippen LogP contribution in [0.25, 0.3) is 0 Å². The number of esters is 1. The number of rotatable bonds is 56. The van der Waals surface area contributed by atoms with Crippen molar-refractivity contribution in [3.05, 3.63) is 110 Å². The van der Waals surface area contributed by atoms with Crippen LogP contribution in [0, 0.1) is 0 Å². The lowest BCUT2D eigenvalue weighted by atomic mass is 10.0. The summed E-state index contributed by atoms with van der Waals surface area (Å²) >= 11 is 0. The van der Waals surface area contributed by atoms with Crippen LogP contribution < -0.4 is 5.32 Å². The molecule has 10 heteroatoms. The third-order valence-electron chi connectivity index (χ3n) is 12.5. The lowest BCUT2D eigenvalue weighted by molar-refractivity contribution is -0.153. The second-order valence-corrected chi connectivity index (χ2v) is 21.3. The third-order valence-corrected chi connectivity index (χ3v) is 13.5. The number of hydrogen-bond donors (Lipinski definition) is 2. The van der Waals surface area contributed by atoms with E-state index in [0.717, 1.165) is 77.0 Å². The van der Waals surface area contributed by atoms with Crippen molar-refractivity contribution in [2.75, 3.05) is 26.4 Å². The number of nitrogens with one attached hydrogen (secondary N) is 1. The molecule has 0 saturated carbocycles. The van der Waals surface area contributed by atoms with Crippen LogP contribution in [-0.2, 0) is 32.7 Å². The minimum Gasteiger partial charge on any atom is -0.498 e. The predicted molar refractivity (Wildman–Crippen MR) is 321 cm³/mol. The highest BCUT2D eigenvalue weighted by atomic mass is 31.2. The van der Waals surface area contributed by atoms with Crippen LogP contribution in [0.5, 0.6) is 0 Å². The van der Waals surface area contributed by atoms with Crippen molar-refractivity contribution in [1.82, 2.24) is 5.32 Å². The number of amides is 1. The molecule has 0 aliphatic heterocycles. The fourth-order valence-corrected chi connectivity index (χ4v) is 8.73. The zero-order chi connectivity index (χ0) is 54.5. The molecule has 430 valence electrons. The summed E-state index contributed by atoms with van der Waals surface area (Å²) in [6, 6.07) is 0. The Morgan fingerprint density at radius 1 is 0.427 bits per heavy atom. The lowest BCUT2D eigenvalue weighted by Gasteiger charge is -2.19. The zero-order valence-electron chi connectivity index (χ0n) is 48.2. The van der Waals surface area contributed by atoms with Crippen LogP contribution in [-0.4, -0.2) is 49.2 Å². The standard InChI is InChI=1S/C65H112NO8P/c1-4-7-10-13-16-19-22-25-28-31-32-34-36-39-42-45-48-51-54-57-65(68)74-63(61-71-59-55-52-49-46-43-40-37-30-27-24-21-18-15-12-9-6-3)62-73-75(69,70)72-60-58-66-64(67)56-53-50-47-44-41-38-35-33-29-26-23-20-17-14-11-8-5-2/h16-17,19-20,25-26,28-29,32,34-35,38-39,42,44,47,55,59,63H,4-15,18,21-24,27,30-31,33,36-37,40-41,43,45-46,48-54,56-58,60-62H2,1-3H3,(H,66,67)(H,69,70)/b19-16-,20-17-,28-25-,29-26-,34-32-,38-35-,42-39-,47-44-,59-55-/t63-/m1/s1. The van der Waals surface area contributed by atoms with Crippen molar-refractivity contribution >= 4 is 19.7 Å². The van der Waals surface area contributed by atoms with Gasteiger partial charge in [-0.2, -0.15) is 0 Å². The lowest BCUT2D eigenvalue weighted by Crippen LogP contribution is -2.28. The van der Waals surface area contributed by atoms with Crippen molar-refractivity contribution in [2.45, 2.75) is 264 Å². The van der Waals surface area contributed by atoms with Gasteiger partial charge in [0.25, 0.3) is 0 Å². The second kappa shape index (κ2) is 59.7. The molecular formula is C65H112NO8P. The van der Waals surface area contributed by atoms with E-state index in [1.54, 1.807) is 6.26 Å². The van der Waals surface area contributed by atoms with Crippen LogP contribution in [0.3, 0.4) is 0 Å². The number of phosphoric acid groups is 1. The SMILES string of the molecule is CCCCC/C=C\C/C=C\C/C=C\C/C=C\CCCCCC(=O)O[C@H](CO/C=C\CCCCCCCCCCCCCCCC)COP(=O)(O)OCCNC(=O)CCC/C=C\C/C=C\C/C=C\C/C=C\CCCCC. The molecule has 0 fully saturated rings. The summed E-state index contributed by atoms with van der Waals surface area (Å²) in [5, 5.41) is 2.73. The van der Waals surface area contributed by atoms with E-state index in [9.17, 15) is 19.0 Å². The zero-order valence-corrected chi connectivity index (χ0v) is 49.1. The van der Waals surface area contributed by atoms with Gasteiger partial charge in [-0.15, -0.1) is 0 Å². The average Bonchev–Trinajstić information content (AvgIpc) is 3.40. The monoisotopic (exact) mass is 1070 g/mol. The van der Waals surface area contributed by atoms with E-state index in [0.29, 0.717) is 19.3 Å². The van der Waals surface area contributed by atoms with Crippen molar-refractivity contribution < 1.29 is 37.6 Å². The molecule has 2 atom stereocenters. The van der Waals surface area contributed by atoms with Crippen molar-refractivity contribution in [1.29, 1.82) is 0 Å². The van der Waals surface area contributed by atoms with Gasteiger partial charge in [-0.05, 0) is 115 Å². The molecule has 0 spiro atoms. The summed E-state index contributed by atoms with van der Waals surface area (Å²) < 4.78 is 34.5. The van der Waals surface area contributed by atoms with Gasteiger partial charge in [0.15, 0.2) is 6.10 Å². The number of carbonyl (C=O) groups excluding carboxylic acids is 2. The van der Waals surface area contributed by atoms with E-state index in [1.807, 2.05) is 6.08 Å². The molecule has 0 aliphatic rings. The number of ether oxygens (including phenoxy) is 2. The largest absolute Gasteiger partial charge is 0.498 e. The molecule has 0 aliphatic carbocycles. The Morgan fingerprint density at radius 3 is 1.24 bits per heavy atom. The van der Waals surface area contributed by atoms with E-state index in [1.165, 1.54) is 135 Å². The van der Waals surface area contributed by atoms with Gasteiger partial charge >= 0.3 is 13.8 Å². The first-order valence-corrected chi connectivity index (χ1v) is 31.9. The molecule has 0 aromatic heterocycles. The van der Waals surface area contributed by atoms with E-state index in [4.69, 9.17) is 18.5 Å². The fourth-order valence-electron chi connectivity index (χ4n) is 7.98. The van der Waals surface area contributed by atoms with Crippen LogP contribution in [0.15, 0.2) is 110 Å². The average molecular weight is 1070 g/mol. The van der Waals surface area contributed by atoms with Crippen molar-refractivity contribution in [3.8, 4) is 0 Å². The van der Waals surface area contributed by atoms with Gasteiger partial charge in [0.05, 0.1) is 19.5 Å². The Morgan fingerprint density at radius 2 is 0.787 bits per heavy atom. The maximum absolute atomic E-state index is 12.9. The van der Waals surface area contributed by atoms with Gasteiger partial charge in [0.1, 0.15) is 6.61 Å². The Balaban J connectivity index is 4.60. The molecule has 9 nitrogen and oxygen atoms in total. The molecule has 0 saturated heterocycles. The summed E-state index contributed by atoms with van der Waals surface area (Å²) in [7, 11) is -4.49. The maximum Gasteiger partial charge on any atom is 0.472 e. The molecule has 0 radical (unpaired) electrons. The highest BCUT2D eigenvalue weighted by molar-refractivity contribution is 7.47. The van der Waals surface area contributed by atoms with E-state index in [-0.39, 0.29) is 38.7 Å². The van der Waals surface area contributed by atoms with Crippen molar-refractivity contribution in [2.24, 2.45) is 0 Å². The Bertz CT molecular complexity index is 1590. The topological polar surface area (TPSA) is 120 Å². The summed E-state index contributed by atoms with van der Waals surface area (Å²) in [5.41, 5.74) is 0. The van der Waals surface area contributed by atoms with E-state index < -0.39 is 19.9 Å². The molecular weight excluding hydrogens is 954 g/mol. The molecule has 0 aromatic rings. The number of allylic oxidation sites excluding steroid dienone is 17. The maximum atomic E-state index is 12.9. The van der Waals surface area contributed by atoms with Crippen LogP contribution in [0.2, 0.25) is 0 Å². The summed E-state index contributed by atoms with van der Waals surface area (Å²) in [6.45, 7) is 6.19. The number of hydrogen-bond acceptors (Lipinski definition) is 7. The minimum absolute atomic E-state index is 0.0236. The Kier molecular flexibility index (Phi) is 57.0. The number of phosphoric ester groups is 1. The highest BCUT2D eigenvalue weighted by Crippen LogP contribution is 2.43. The Labute approximate surface area is 461 Å². The van der Waals surface area contributed by atoms with Crippen LogP contribution >= 0.6 is 7.82 Å².